The summed E-state index contributed by atoms with van der Waals surface area (Å²) in [6.07, 6.45) is 0. The van der Waals surface area contributed by atoms with Gasteiger partial charge in [0.05, 0.1) is 0 Å². The number of rotatable bonds is 3. The maximum absolute atomic E-state index is 6.13. The summed E-state index contributed by atoms with van der Waals surface area (Å²) >= 11 is 6.13. The molecule has 0 unspecified atom stereocenters. The van der Waals surface area contributed by atoms with Gasteiger partial charge in [0.1, 0.15) is 0 Å². The summed E-state index contributed by atoms with van der Waals surface area (Å²) in [6, 6.07) is 5.63. The smallest absolute Gasteiger partial charge is 0.0452 e. The molecule has 0 saturated heterocycles. The van der Waals surface area contributed by atoms with Crippen LogP contribution >= 0.6 is 11.6 Å². The van der Waals surface area contributed by atoms with Gasteiger partial charge in [-0.2, -0.15) is 0 Å². The first-order valence-corrected chi connectivity index (χ1v) is 5.88. The lowest BCUT2D eigenvalue weighted by Gasteiger charge is -2.26. The lowest BCUT2D eigenvalue weighted by atomic mass is 9.96. The molecule has 0 aliphatic carbocycles. The third-order valence-corrected chi connectivity index (χ3v) is 2.62. The van der Waals surface area contributed by atoms with Crippen LogP contribution in [0.1, 0.15) is 26.3 Å². The van der Waals surface area contributed by atoms with Crippen LogP contribution in [0.4, 0.5) is 5.69 Å². The van der Waals surface area contributed by atoms with Crippen LogP contribution in [0.5, 0.6) is 0 Å². The Morgan fingerprint density at radius 1 is 1.31 bits per heavy atom. The number of benzene rings is 1. The van der Waals surface area contributed by atoms with Crippen molar-refractivity contribution >= 4 is 17.3 Å². The van der Waals surface area contributed by atoms with Crippen LogP contribution in [-0.2, 0) is 6.54 Å². The largest absolute Gasteiger partial charge is 0.399 e. The molecule has 0 aliphatic heterocycles. The second-order valence-corrected chi connectivity index (χ2v) is 5.99. The molecule has 0 radical (unpaired) electrons. The predicted molar refractivity (Wildman–Crippen MR) is 71.7 cm³/mol. The van der Waals surface area contributed by atoms with Crippen molar-refractivity contribution in [3.8, 4) is 0 Å². The summed E-state index contributed by atoms with van der Waals surface area (Å²) in [5, 5.41) is 0.787. The normalized spacial score (nSPS) is 12.1. The van der Waals surface area contributed by atoms with E-state index >= 15 is 0 Å². The van der Waals surface area contributed by atoms with Gasteiger partial charge in [-0.05, 0) is 36.2 Å². The molecule has 2 N–H and O–H groups in total. The van der Waals surface area contributed by atoms with E-state index in [1.54, 1.807) is 0 Å². The van der Waals surface area contributed by atoms with E-state index in [4.69, 9.17) is 17.3 Å². The van der Waals surface area contributed by atoms with Crippen molar-refractivity contribution in [1.82, 2.24) is 4.90 Å². The highest BCUT2D eigenvalue weighted by atomic mass is 35.5. The van der Waals surface area contributed by atoms with E-state index in [0.717, 1.165) is 29.4 Å². The Labute approximate surface area is 103 Å². The number of nitrogens with two attached hydrogens (primary N) is 1. The van der Waals surface area contributed by atoms with E-state index in [1.807, 2.05) is 18.2 Å². The maximum atomic E-state index is 6.13. The molecule has 0 fully saturated rings. The quantitative estimate of drug-likeness (QED) is 0.821. The van der Waals surface area contributed by atoms with Gasteiger partial charge in [0.15, 0.2) is 0 Å². The zero-order valence-corrected chi connectivity index (χ0v) is 11.3. The molecule has 3 heteroatoms. The molecule has 1 aromatic rings. The van der Waals surface area contributed by atoms with Gasteiger partial charge in [-0.15, -0.1) is 0 Å². The van der Waals surface area contributed by atoms with Gasteiger partial charge in [-0.3, -0.25) is 0 Å². The van der Waals surface area contributed by atoms with E-state index in [2.05, 4.69) is 32.7 Å². The minimum atomic E-state index is 0.293. The van der Waals surface area contributed by atoms with E-state index in [9.17, 15) is 0 Å². The summed E-state index contributed by atoms with van der Waals surface area (Å²) < 4.78 is 0. The molecule has 0 heterocycles. The zero-order chi connectivity index (χ0) is 12.3. The molecule has 0 saturated carbocycles. The lowest BCUT2D eigenvalue weighted by Crippen LogP contribution is -2.28. The van der Waals surface area contributed by atoms with Crippen LogP contribution in [0.25, 0.3) is 0 Å². The molecule has 0 spiro atoms. The summed E-state index contributed by atoms with van der Waals surface area (Å²) in [4.78, 5) is 2.26. The second-order valence-electron chi connectivity index (χ2n) is 5.58. The Balaban J connectivity index is 2.69. The minimum absolute atomic E-state index is 0.293. The third kappa shape index (κ3) is 4.42. The number of nitrogens with zero attached hydrogens (tertiary/aromatic N) is 1. The van der Waals surface area contributed by atoms with Gasteiger partial charge < -0.3 is 10.6 Å². The summed E-state index contributed by atoms with van der Waals surface area (Å²) in [7, 11) is 2.10. The molecule has 0 aliphatic rings. The number of hydrogen-bond acceptors (Lipinski definition) is 2. The van der Waals surface area contributed by atoms with Gasteiger partial charge in [0, 0.05) is 23.8 Å². The minimum Gasteiger partial charge on any atom is -0.399 e. The van der Waals surface area contributed by atoms with Gasteiger partial charge in [-0.1, -0.05) is 32.4 Å². The number of nitrogen functional groups attached to an aromatic ring is 1. The first-order valence-electron chi connectivity index (χ1n) is 5.50. The van der Waals surface area contributed by atoms with Crippen LogP contribution in [0.2, 0.25) is 5.02 Å². The summed E-state index contributed by atoms with van der Waals surface area (Å²) in [5.74, 6) is 0. The molecule has 0 bridgehead atoms. The molecular weight excluding hydrogens is 220 g/mol. The van der Waals surface area contributed by atoms with Crippen LogP contribution in [0, 0.1) is 5.41 Å². The summed E-state index contributed by atoms with van der Waals surface area (Å²) in [5.41, 5.74) is 7.90. The molecule has 1 rings (SSSR count). The molecule has 2 nitrogen and oxygen atoms in total. The maximum Gasteiger partial charge on any atom is 0.0452 e. The van der Waals surface area contributed by atoms with Crippen molar-refractivity contribution in [3.63, 3.8) is 0 Å². The van der Waals surface area contributed by atoms with Gasteiger partial charge in [-0.25, -0.2) is 0 Å². The fourth-order valence-electron chi connectivity index (χ4n) is 1.87. The average Bonchev–Trinajstić information content (AvgIpc) is 2.08. The molecule has 0 aromatic heterocycles. The SMILES string of the molecule is CN(Cc1cc(N)ccc1Cl)CC(C)(C)C. The molecule has 0 atom stereocenters. The van der Waals surface area contributed by atoms with Crippen molar-refractivity contribution in [1.29, 1.82) is 0 Å². The van der Waals surface area contributed by atoms with Crippen molar-refractivity contribution in [2.45, 2.75) is 27.3 Å². The molecule has 16 heavy (non-hydrogen) atoms. The highest BCUT2D eigenvalue weighted by Crippen LogP contribution is 2.22. The third-order valence-electron chi connectivity index (χ3n) is 2.25. The van der Waals surface area contributed by atoms with Gasteiger partial charge >= 0.3 is 0 Å². The van der Waals surface area contributed by atoms with E-state index in [-0.39, 0.29) is 0 Å². The Kier molecular flexibility index (Phi) is 4.22. The topological polar surface area (TPSA) is 29.3 Å². The van der Waals surface area contributed by atoms with Crippen molar-refractivity contribution in [2.24, 2.45) is 5.41 Å². The average molecular weight is 241 g/mol. The number of hydrogen-bond donors (Lipinski definition) is 1. The standard InChI is InChI=1S/C13H21ClN2/c1-13(2,3)9-16(4)8-10-7-11(15)5-6-12(10)14/h5-7H,8-9,15H2,1-4H3. The van der Waals surface area contributed by atoms with Crippen LogP contribution in [0.3, 0.4) is 0 Å². The van der Waals surface area contributed by atoms with Crippen molar-refractivity contribution in [3.05, 3.63) is 28.8 Å². The zero-order valence-electron chi connectivity index (χ0n) is 10.5. The van der Waals surface area contributed by atoms with Crippen LogP contribution < -0.4 is 5.73 Å². The van der Waals surface area contributed by atoms with E-state index < -0.39 is 0 Å². The Morgan fingerprint density at radius 2 is 1.94 bits per heavy atom. The fourth-order valence-corrected chi connectivity index (χ4v) is 2.05. The first kappa shape index (κ1) is 13.3. The first-order chi connectivity index (χ1) is 7.28. The van der Waals surface area contributed by atoms with Gasteiger partial charge in [0.2, 0.25) is 0 Å². The molecular formula is C13H21ClN2. The predicted octanol–water partition coefficient (Wildman–Crippen LogP) is 3.40. The van der Waals surface area contributed by atoms with E-state index in [1.165, 1.54) is 0 Å². The fraction of sp³-hybridized carbons (Fsp3) is 0.538. The van der Waals surface area contributed by atoms with E-state index in [0.29, 0.717) is 5.41 Å². The highest BCUT2D eigenvalue weighted by molar-refractivity contribution is 6.31. The molecule has 1 aromatic carbocycles. The molecule has 90 valence electrons. The van der Waals surface area contributed by atoms with Crippen molar-refractivity contribution in [2.75, 3.05) is 19.3 Å². The lowest BCUT2D eigenvalue weighted by molar-refractivity contribution is 0.221. The van der Waals surface area contributed by atoms with Crippen LogP contribution in [0.15, 0.2) is 18.2 Å². The van der Waals surface area contributed by atoms with Crippen molar-refractivity contribution < 1.29 is 0 Å². The monoisotopic (exact) mass is 240 g/mol. The number of halogens is 1. The molecule has 0 amide bonds. The Morgan fingerprint density at radius 3 is 2.50 bits per heavy atom. The highest BCUT2D eigenvalue weighted by Gasteiger charge is 2.14. The number of anilines is 1. The summed E-state index contributed by atoms with van der Waals surface area (Å²) in [6.45, 7) is 8.54. The van der Waals surface area contributed by atoms with Gasteiger partial charge in [0.25, 0.3) is 0 Å². The Bertz CT molecular complexity index is 355. The second kappa shape index (κ2) is 5.07. The Hall–Kier alpha value is -0.730. The van der Waals surface area contributed by atoms with Crippen LogP contribution in [-0.4, -0.2) is 18.5 Å².